The first-order valence-electron chi connectivity index (χ1n) is 6.79. The number of nitrogens with one attached hydrogen (secondary N) is 1. The molecule has 3 nitrogen and oxygen atoms in total. The van der Waals surface area contributed by atoms with Gasteiger partial charge in [0.15, 0.2) is 0 Å². The molecule has 0 aromatic heterocycles. The smallest absolute Gasteiger partial charge is 0.0116 e. The van der Waals surface area contributed by atoms with E-state index in [-0.39, 0.29) is 0 Å². The Hall–Kier alpha value is -0.120. The van der Waals surface area contributed by atoms with E-state index in [1.54, 1.807) is 0 Å². The Morgan fingerprint density at radius 3 is 2.44 bits per heavy atom. The van der Waals surface area contributed by atoms with Crippen molar-refractivity contribution >= 4 is 0 Å². The van der Waals surface area contributed by atoms with E-state index in [0.717, 1.165) is 12.6 Å². The quantitative estimate of drug-likeness (QED) is 0.740. The number of hydrogen-bond donors (Lipinski definition) is 1. The summed E-state index contributed by atoms with van der Waals surface area (Å²) in [5, 5.41) is 3.49. The van der Waals surface area contributed by atoms with E-state index in [2.05, 4.69) is 42.9 Å². The molecule has 0 amide bonds. The fourth-order valence-electron chi connectivity index (χ4n) is 2.35. The molecule has 3 heteroatoms. The SMILES string of the molecule is CCN(C)C1CCN(CCNC(C)C)CC1. The summed E-state index contributed by atoms with van der Waals surface area (Å²) in [5.74, 6) is 0. The molecule has 1 heterocycles. The molecule has 0 unspecified atom stereocenters. The molecule has 0 aromatic rings. The van der Waals surface area contributed by atoms with Crippen LogP contribution >= 0.6 is 0 Å². The maximum Gasteiger partial charge on any atom is 0.0116 e. The van der Waals surface area contributed by atoms with Crippen LogP contribution in [0.15, 0.2) is 0 Å². The highest BCUT2D eigenvalue weighted by Crippen LogP contribution is 2.14. The molecule has 0 saturated carbocycles. The number of hydrogen-bond acceptors (Lipinski definition) is 3. The van der Waals surface area contributed by atoms with Gasteiger partial charge in [0.05, 0.1) is 0 Å². The summed E-state index contributed by atoms with van der Waals surface area (Å²) in [6, 6.07) is 1.43. The maximum absolute atomic E-state index is 3.49. The third kappa shape index (κ3) is 4.81. The molecule has 1 rings (SSSR count). The predicted molar refractivity (Wildman–Crippen MR) is 70.9 cm³/mol. The minimum Gasteiger partial charge on any atom is -0.313 e. The standard InChI is InChI=1S/C13H29N3/c1-5-15(4)13-6-9-16(10-7-13)11-8-14-12(2)3/h12-14H,5-11H2,1-4H3. The van der Waals surface area contributed by atoms with Crippen LogP contribution in [0.4, 0.5) is 0 Å². The minimum atomic E-state index is 0.615. The maximum atomic E-state index is 3.49. The Labute approximate surface area is 101 Å². The molecule has 96 valence electrons. The van der Waals surface area contributed by atoms with Gasteiger partial charge in [-0.25, -0.2) is 0 Å². The molecule has 16 heavy (non-hydrogen) atoms. The van der Waals surface area contributed by atoms with Crippen LogP contribution in [-0.2, 0) is 0 Å². The van der Waals surface area contributed by atoms with Gasteiger partial charge >= 0.3 is 0 Å². The first-order valence-corrected chi connectivity index (χ1v) is 6.79. The van der Waals surface area contributed by atoms with E-state index < -0.39 is 0 Å². The van der Waals surface area contributed by atoms with Crippen molar-refractivity contribution in [1.29, 1.82) is 0 Å². The molecular formula is C13H29N3. The van der Waals surface area contributed by atoms with E-state index in [1.807, 2.05) is 0 Å². The molecule has 1 saturated heterocycles. The molecule has 0 bridgehead atoms. The van der Waals surface area contributed by atoms with Crippen LogP contribution in [0.2, 0.25) is 0 Å². The monoisotopic (exact) mass is 227 g/mol. The van der Waals surface area contributed by atoms with Gasteiger partial charge < -0.3 is 15.1 Å². The fourth-order valence-corrected chi connectivity index (χ4v) is 2.35. The van der Waals surface area contributed by atoms with E-state index in [1.165, 1.54) is 39.0 Å². The van der Waals surface area contributed by atoms with Crippen LogP contribution < -0.4 is 5.32 Å². The number of nitrogens with zero attached hydrogens (tertiary/aromatic N) is 2. The lowest BCUT2D eigenvalue weighted by atomic mass is 10.0. The Morgan fingerprint density at radius 1 is 1.31 bits per heavy atom. The zero-order valence-electron chi connectivity index (χ0n) is 11.5. The van der Waals surface area contributed by atoms with Crippen LogP contribution in [0, 0.1) is 0 Å². The molecule has 0 aromatic carbocycles. The van der Waals surface area contributed by atoms with Crippen LogP contribution in [0.5, 0.6) is 0 Å². The highest BCUT2D eigenvalue weighted by molar-refractivity contribution is 4.78. The Morgan fingerprint density at radius 2 is 1.94 bits per heavy atom. The van der Waals surface area contributed by atoms with Crippen molar-refractivity contribution in [2.24, 2.45) is 0 Å². The first-order chi connectivity index (χ1) is 7.63. The van der Waals surface area contributed by atoms with Gasteiger partial charge in [-0.15, -0.1) is 0 Å². The molecule has 1 aliphatic heterocycles. The molecule has 0 spiro atoms. The van der Waals surface area contributed by atoms with Crippen molar-refractivity contribution in [1.82, 2.24) is 15.1 Å². The van der Waals surface area contributed by atoms with Crippen molar-refractivity contribution in [3.63, 3.8) is 0 Å². The van der Waals surface area contributed by atoms with Gasteiger partial charge in [-0.1, -0.05) is 20.8 Å². The molecule has 1 N–H and O–H groups in total. The fraction of sp³-hybridized carbons (Fsp3) is 1.00. The third-order valence-electron chi connectivity index (χ3n) is 3.66. The molecule has 0 atom stereocenters. The lowest BCUT2D eigenvalue weighted by molar-refractivity contribution is 0.132. The van der Waals surface area contributed by atoms with Gasteiger partial charge in [-0.05, 0) is 39.5 Å². The summed E-state index contributed by atoms with van der Waals surface area (Å²) in [6.45, 7) is 12.7. The topological polar surface area (TPSA) is 18.5 Å². The minimum absolute atomic E-state index is 0.615. The molecule has 0 aliphatic carbocycles. The summed E-state index contributed by atoms with van der Waals surface area (Å²) < 4.78 is 0. The largest absolute Gasteiger partial charge is 0.313 e. The van der Waals surface area contributed by atoms with Gasteiger partial charge in [0.1, 0.15) is 0 Å². The van der Waals surface area contributed by atoms with Crippen molar-refractivity contribution in [2.45, 2.75) is 45.7 Å². The lowest BCUT2D eigenvalue weighted by Gasteiger charge is -2.36. The van der Waals surface area contributed by atoms with Gasteiger partial charge in [-0.2, -0.15) is 0 Å². The summed E-state index contributed by atoms with van der Waals surface area (Å²) in [6.07, 6.45) is 2.68. The Kier molecular flexibility index (Phi) is 6.32. The zero-order chi connectivity index (χ0) is 12.0. The van der Waals surface area contributed by atoms with Crippen LogP contribution in [0.3, 0.4) is 0 Å². The second-order valence-corrected chi connectivity index (χ2v) is 5.25. The summed E-state index contributed by atoms with van der Waals surface area (Å²) in [5.41, 5.74) is 0. The molecular weight excluding hydrogens is 198 g/mol. The van der Waals surface area contributed by atoms with E-state index in [9.17, 15) is 0 Å². The summed E-state index contributed by atoms with van der Waals surface area (Å²) in [4.78, 5) is 5.08. The highest BCUT2D eigenvalue weighted by Gasteiger charge is 2.20. The third-order valence-corrected chi connectivity index (χ3v) is 3.66. The predicted octanol–water partition coefficient (Wildman–Crippen LogP) is 1.40. The lowest BCUT2D eigenvalue weighted by Crippen LogP contribution is -2.45. The van der Waals surface area contributed by atoms with Gasteiger partial charge in [0, 0.05) is 25.2 Å². The van der Waals surface area contributed by atoms with Crippen molar-refractivity contribution in [3.05, 3.63) is 0 Å². The molecule has 1 aliphatic rings. The van der Waals surface area contributed by atoms with Gasteiger partial charge in [0.25, 0.3) is 0 Å². The second-order valence-electron chi connectivity index (χ2n) is 5.25. The van der Waals surface area contributed by atoms with Gasteiger partial charge in [-0.3, -0.25) is 0 Å². The summed E-state index contributed by atoms with van der Waals surface area (Å²) in [7, 11) is 2.25. The Bertz CT molecular complexity index is 174. The van der Waals surface area contributed by atoms with Crippen molar-refractivity contribution in [3.8, 4) is 0 Å². The van der Waals surface area contributed by atoms with E-state index >= 15 is 0 Å². The number of piperidine rings is 1. The second kappa shape index (κ2) is 7.25. The Balaban J connectivity index is 2.12. The average Bonchev–Trinajstić information content (AvgIpc) is 2.28. The summed E-state index contributed by atoms with van der Waals surface area (Å²) >= 11 is 0. The number of rotatable bonds is 6. The first kappa shape index (κ1) is 13.9. The van der Waals surface area contributed by atoms with E-state index in [4.69, 9.17) is 0 Å². The molecule has 1 fully saturated rings. The highest BCUT2D eigenvalue weighted by atomic mass is 15.2. The zero-order valence-corrected chi connectivity index (χ0v) is 11.5. The van der Waals surface area contributed by atoms with Crippen LogP contribution in [-0.4, -0.2) is 61.7 Å². The van der Waals surface area contributed by atoms with Crippen molar-refractivity contribution in [2.75, 3.05) is 39.8 Å². The van der Waals surface area contributed by atoms with Crippen LogP contribution in [0.25, 0.3) is 0 Å². The van der Waals surface area contributed by atoms with Crippen LogP contribution in [0.1, 0.15) is 33.6 Å². The average molecular weight is 227 g/mol. The number of likely N-dealkylation sites (tertiary alicyclic amines) is 1. The van der Waals surface area contributed by atoms with Gasteiger partial charge in [0.2, 0.25) is 0 Å². The normalized spacial score (nSPS) is 19.9. The van der Waals surface area contributed by atoms with Crippen molar-refractivity contribution < 1.29 is 0 Å². The molecule has 0 radical (unpaired) electrons. The van der Waals surface area contributed by atoms with E-state index in [0.29, 0.717) is 6.04 Å².